The van der Waals surface area contributed by atoms with Gasteiger partial charge in [-0.1, -0.05) is 6.92 Å². The predicted molar refractivity (Wildman–Crippen MR) is 282 cm³/mol. The van der Waals surface area contributed by atoms with Crippen molar-refractivity contribution in [2.45, 2.75) is 125 Å². The number of carbonyl (C=O) groups is 3. The summed E-state index contributed by atoms with van der Waals surface area (Å²) in [5.41, 5.74) is -0.713. The molecule has 0 bridgehead atoms. The highest BCUT2D eigenvalue weighted by molar-refractivity contribution is 5.76. The Bertz CT molecular complexity index is 1520. The van der Waals surface area contributed by atoms with E-state index in [-0.39, 0.29) is 195 Å². The minimum Gasteiger partial charge on any atom is -0.394 e. The van der Waals surface area contributed by atoms with Crippen LogP contribution >= 0.6 is 0 Å². The first-order valence-corrected chi connectivity index (χ1v) is 28.3. The minimum atomic E-state index is -1.55. The number of aliphatic hydroxyl groups excluding tert-OH is 12. The summed E-state index contributed by atoms with van der Waals surface area (Å²) in [6, 6.07) is 0. The number of ether oxygens (including phenoxy) is 15. The maximum atomic E-state index is 12.6. The van der Waals surface area contributed by atoms with E-state index >= 15 is 0 Å². The molecular formula is C51H95N3O30. The molecule has 0 aromatic carbocycles. The van der Waals surface area contributed by atoms with Gasteiger partial charge in [0.15, 0.2) is 18.9 Å². The summed E-state index contributed by atoms with van der Waals surface area (Å²) in [5.74, 6) is -0.832. The van der Waals surface area contributed by atoms with Crippen LogP contribution in [0.5, 0.6) is 0 Å². The van der Waals surface area contributed by atoms with Crippen LogP contribution in [0.25, 0.3) is 0 Å². The molecule has 3 fully saturated rings. The maximum absolute atomic E-state index is 12.6. The molecule has 3 aliphatic heterocycles. The first-order valence-electron chi connectivity index (χ1n) is 28.3. The molecular weight excluding hydrogens is 1130 g/mol. The lowest BCUT2D eigenvalue weighted by Crippen LogP contribution is -2.59. The van der Waals surface area contributed by atoms with E-state index in [1.165, 1.54) is 0 Å². The second kappa shape index (κ2) is 44.7. The number of nitrogens with one attached hydrogen (secondary N) is 3. The summed E-state index contributed by atoms with van der Waals surface area (Å²) in [6.45, 7) is 3.55. The molecule has 0 radical (unpaired) electrons. The second-order valence-corrected chi connectivity index (χ2v) is 19.7. The molecule has 3 rings (SSSR count). The van der Waals surface area contributed by atoms with Gasteiger partial charge in [0.25, 0.3) is 0 Å². The van der Waals surface area contributed by atoms with E-state index in [1.807, 2.05) is 6.92 Å². The summed E-state index contributed by atoms with van der Waals surface area (Å²) in [6.07, 6.45) is -20.0. The standard InChI is InChI=1S/C51H95N3O30/c1-2-51(30-76-9-3-36(58)52-6-12-70-15-18-73-21-24-79-48-45(67)42(64)39(61)33(27-55)82-48,31-77-10-4-37(59)53-7-13-71-16-19-74-22-25-80-49-46(68)43(65)40(62)34(28-56)83-49)32-78-11-5-38(60)54-8-14-72-17-20-75-23-26-81-50-47(69)44(66)41(63)35(29-57)84-50/h33-35,39-50,55-57,61-69H,2-32H2,1H3,(H,52,58)(H,53,59)(H,54,60)/t33?,34?,35?,39-,40-,41-,42?,43?,44?,45?,46?,47?,48+,49+,50+,51?/m1/s1. The average molecular weight is 1230 g/mol. The van der Waals surface area contributed by atoms with Gasteiger partial charge in [0.1, 0.15) is 73.2 Å². The maximum Gasteiger partial charge on any atom is 0.222 e. The molecule has 3 heterocycles. The summed E-state index contributed by atoms with van der Waals surface area (Å²) in [7, 11) is 0. The number of hydrogen-bond donors (Lipinski definition) is 15. The highest BCUT2D eigenvalue weighted by Crippen LogP contribution is 2.26. The van der Waals surface area contributed by atoms with Crippen molar-refractivity contribution in [1.29, 1.82) is 0 Å². The Morgan fingerprint density at radius 3 is 0.845 bits per heavy atom. The van der Waals surface area contributed by atoms with Crippen molar-refractivity contribution in [2.75, 3.05) is 178 Å². The Morgan fingerprint density at radius 1 is 0.345 bits per heavy atom. The molecule has 0 saturated carbocycles. The van der Waals surface area contributed by atoms with E-state index in [4.69, 9.17) is 71.1 Å². The van der Waals surface area contributed by atoms with Crippen LogP contribution in [0, 0.1) is 5.41 Å². The smallest absolute Gasteiger partial charge is 0.222 e. The van der Waals surface area contributed by atoms with Crippen LogP contribution in [0.15, 0.2) is 0 Å². The quantitative estimate of drug-likeness (QED) is 0.0252. The van der Waals surface area contributed by atoms with Crippen LogP contribution in [-0.2, 0) is 85.4 Å². The molecule has 15 atom stereocenters. The first-order chi connectivity index (χ1) is 40.5. The topological polar surface area (TPSA) is 469 Å². The van der Waals surface area contributed by atoms with Gasteiger partial charge in [0, 0.05) is 44.3 Å². The first kappa shape index (κ1) is 75.6. The minimum absolute atomic E-state index is 0.0106. The van der Waals surface area contributed by atoms with Crippen LogP contribution in [0.3, 0.4) is 0 Å². The molecule has 0 aromatic heterocycles. The Morgan fingerprint density at radius 2 is 0.595 bits per heavy atom. The van der Waals surface area contributed by atoms with E-state index in [9.17, 15) is 75.7 Å². The van der Waals surface area contributed by atoms with Crippen LogP contribution in [0.4, 0.5) is 0 Å². The number of hydrogen-bond acceptors (Lipinski definition) is 30. The van der Waals surface area contributed by atoms with Crippen LogP contribution < -0.4 is 16.0 Å². The fraction of sp³-hybridized carbons (Fsp3) is 0.941. The van der Waals surface area contributed by atoms with Crippen molar-refractivity contribution in [3.63, 3.8) is 0 Å². The fourth-order valence-electron chi connectivity index (χ4n) is 8.10. The highest BCUT2D eigenvalue weighted by Gasteiger charge is 2.46. The SMILES string of the molecule is CCC(COCCC(=O)NCCOCCOCCO[C@H]1OC(CO)[C@@H](O)C(O)C1O)(COCCC(=O)NCCOCCOCCO[C@H]1OC(CO)[C@@H](O)C(O)C1O)COCCC(=O)NCCOCCOCCO[C@H]1OC(CO)[C@@H](O)C(O)C1O. The fourth-order valence-corrected chi connectivity index (χ4v) is 8.10. The van der Waals surface area contributed by atoms with E-state index in [0.717, 1.165) is 0 Å². The van der Waals surface area contributed by atoms with Crippen LogP contribution in [0.1, 0.15) is 32.6 Å². The summed E-state index contributed by atoms with van der Waals surface area (Å²) in [5, 5.41) is 126. The zero-order valence-electron chi connectivity index (χ0n) is 47.8. The Kier molecular flexibility index (Phi) is 40.2. The monoisotopic (exact) mass is 1230 g/mol. The summed E-state index contributed by atoms with van der Waals surface area (Å²) < 4.78 is 82.5. The summed E-state index contributed by atoms with van der Waals surface area (Å²) >= 11 is 0. The second-order valence-electron chi connectivity index (χ2n) is 19.7. The van der Waals surface area contributed by atoms with Crippen molar-refractivity contribution in [2.24, 2.45) is 5.41 Å². The van der Waals surface area contributed by atoms with Crippen molar-refractivity contribution in [1.82, 2.24) is 16.0 Å². The molecule has 0 aromatic rings. The molecule has 9 unspecified atom stereocenters. The van der Waals surface area contributed by atoms with Gasteiger partial charge in [-0.05, 0) is 6.42 Å². The normalized spacial score (nSPS) is 28.9. The molecule has 0 aliphatic carbocycles. The third-order valence-electron chi connectivity index (χ3n) is 13.3. The van der Waals surface area contributed by atoms with E-state index < -0.39 is 117 Å². The van der Waals surface area contributed by atoms with Crippen LogP contribution in [-0.4, -0.2) is 349 Å². The van der Waals surface area contributed by atoms with Gasteiger partial charge in [-0.3, -0.25) is 14.4 Å². The molecule has 3 saturated heterocycles. The van der Waals surface area contributed by atoms with Gasteiger partial charge in [-0.2, -0.15) is 0 Å². The lowest BCUT2D eigenvalue weighted by molar-refractivity contribution is -0.302. The third kappa shape index (κ3) is 29.1. The van der Waals surface area contributed by atoms with Gasteiger partial charge in [0.2, 0.25) is 17.7 Å². The van der Waals surface area contributed by atoms with Gasteiger partial charge < -0.3 is 148 Å². The zero-order valence-corrected chi connectivity index (χ0v) is 47.8. The number of rotatable bonds is 49. The molecule has 3 aliphatic rings. The number of amides is 3. The van der Waals surface area contributed by atoms with Gasteiger partial charge in [-0.25, -0.2) is 0 Å². The van der Waals surface area contributed by atoms with E-state index in [1.54, 1.807) is 0 Å². The largest absolute Gasteiger partial charge is 0.394 e. The lowest BCUT2D eigenvalue weighted by atomic mass is 9.88. The van der Waals surface area contributed by atoms with Crippen molar-refractivity contribution >= 4 is 17.7 Å². The van der Waals surface area contributed by atoms with Crippen LogP contribution in [0.2, 0.25) is 0 Å². The lowest BCUT2D eigenvalue weighted by Gasteiger charge is -2.39. The number of carbonyl (C=O) groups excluding carboxylic acids is 3. The van der Waals surface area contributed by atoms with Crippen molar-refractivity contribution < 1.29 is 147 Å². The summed E-state index contributed by atoms with van der Waals surface area (Å²) in [4.78, 5) is 37.7. The zero-order chi connectivity index (χ0) is 61.5. The van der Waals surface area contributed by atoms with Gasteiger partial charge >= 0.3 is 0 Å². The molecule has 15 N–H and O–H groups in total. The molecule has 33 heteroatoms. The number of aliphatic hydroxyl groups is 12. The molecule has 3 amide bonds. The predicted octanol–water partition coefficient (Wildman–Crippen LogP) is -8.50. The van der Waals surface area contributed by atoms with E-state index in [0.29, 0.717) is 6.42 Å². The van der Waals surface area contributed by atoms with Gasteiger partial charge in [0.05, 0.1) is 159 Å². The highest BCUT2D eigenvalue weighted by atomic mass is 16.7. The molecule has 494 valence electrons. The third-order valence-corrected chi connectivity index (χ3v) is 13.3. The Hall–Kier alpha value is -2.67. The molecule has 0 spiro atoms. The average Bonchev–Trinajstić information content (AvgIpc) is 3.51. The Balaban J connectivity index is 1.29. The molecule has 84 heavy (non-hydrogen) atoms. The van der Waals surface area contributed by atoms with Crippen molar-refractivity contribution in [3.05, 3.63) is 0 Å². The van der Waals surface area contributed by atoms with Gasteiger partial charge in [-0.15, -0.1) is 0 Å². The molecule has 33 nitrogen and oxygen atoms in total. The van der Waals surface area contributed by atoms with E-state index in [2.05, 4.69) is 16.0 Å². The Labute approximate surface area is 487 Å². The van der Waals surface area contributed by atoms with Crippen molar-refractivity contribution in [3.8, 4) is 0 Å².